The molecule has 0 unspecified atom stereocenters. The molecule has 6 heteroatoms. The number of halogens is 3. The second-order valence-electron chi connectivity index (χ2n) is 5.44. The topological polar surface area (TPSA) is 52.0 Å². The highest BCUT2D eigenvalue weighted by Gasteiger charge is 2.37. The van der Waals surface area contributed by atoms with Crippen LogP contribution in [0.3, 0.4) is 0 Å². The first-order valence-electron chi connectivity index (χ1n) is 6.85. The molecule has 1 saturated carbocycles. The number of nitrogen functional groups attached to an aromatic ring is 1. The Kier molecular flexibility index (Phi) is 3.39. The standard InChI is InChI=1S/C15H15F3N2O/c16-11-3-1-9(2-4-11)12-13(20-21-14(12)19)10-5-7-15(17,18)8-6-10/h1-4,10H,5-8,19H2. The zero-order chi connectivity index (χ0) is 15.0. The van der Waals surface area contributed by atoms with Crippen molar-refractivity contribution in [3.63, 3.8) is 0 Å². The van der Waals surface area contributed by atoms with Crippen LogP contribution in [0.1, 0.15) is 37.3 Å². The summed E-state index contributed by atoms with van der Waals surface area (Å²) in [5.41, 5.74) is 7.66. The van der Waals surface area contributed by atoms with Gasteiger partial charge in [0.25, 0.3) is 0 Å². The van der Waals surface area contributed by atoms with Gasteiger partial charge in [-0.3, -0.25) is 0 Å². The average Bonchev–Trinajstić information content (AvgIpc) is 2.82. The Bertz CT molecular complexity index is 627. The van der Waals surface area contributed by atoms with Crippen molar-refractivity contribution in [3.05, 3.63) is 35.8 Å². The van der Waals surface area contributed by atoms with E-state index in [0.717, 1.165) is 0 Å². The maximum absolute atomic E-state index is 13.3. The normalized spacial score (nSPS) is 18.8. The Balaban J connectivity index is 1.92. The number of benzene rings is 1. The molecule has 0 radical (unpaired) electrons. The fourth-order valence-electron chi connectivity index (χ4n) is 2.81. The van der Waals surface area contributed by atoms with Gasteiger partial charge in [0.2, 0.25) is 11.8 Å². The van der Waals surface area contributed by atoms with Crippen molar-refractivity contribution in [2.24, 2.45) is 0 Å². The third-order valence-corrected chi connectivity index (χ3v) is 3.98. The van der Waals surface area contributed by atoms with E-state index in [-0.39, 0.29) is 30.5 Å². The van der Waals surface area contributed by atoms with E-state index >= 15 is 0 Å². The van der Waals surface area contributed by atoms with Gasteiger partial charge in [0, 0.05) is 18.8 Å². The zero-order valence-electron chi connectivity index (χ0n) is 11.3. The molecule has 3 rings (SSSR count). The molecule has 1 aromatic heterocycles. The van der Waals surface area contributed by atoms with E-state index in [9.17, 15) is 13.2 Å². The minimum absolute atomic E-state index is 0.106. The summed E-state index contributed by atoms with van der Waals surface area (Å²) in [4.78, 5) is 0. The highest BCUT2D eigenvalue weighted by Crippen LogP contribution is 2.44. The summed E-state index contributed by atoms with van der Waals surface area (Å²) in [6.07, 6.45) is 0.362. The molecular formula is C15H15F3N2O. The van der Waals surface area contributed by atoms with E-state index in [1.807, 2.05) is 0 Å². The van der Waals surface area contributed by atoms with Gasteiger partial charge in [0.05, 0.1) is 11.3 Å². The highest BCUT2D eigenvalue weighted by atomic mass is 19.3. The zero-order valence-corrected chi connectivity index (χ0v) is 11.3. The van der Waals surface area contributed by atoms with E-state index in [1.165, 1.54) is 12.1 Å². The number of nitrogens with two attached hydrogens (primary N) is 1. The van der Waals surface area contributed by atoms with Gasteiger partial charge in [-0.05, 0) is 30.5 Å². The third-order valence-electron chi connectivity index (χ3n) is 3.98. The number of hydrogen-bond donors (Lipinski definition) is 1. The molecule has 1 aliphatic rings. The van der Waals surface area contributed by atoms with Crippen LogP contribution in [0.5, 0.6) is 0 Å². The van der Waals surface area contributed by atoms with Gasteiger partial charge in [0.1, 0.15) is 5.82 Å². The number of hydrogen-bond acceptors (Lipinski definition) is 3. The SMILES string of the molecule is Nc1onc(C2CCC(F)(F)CC2)c1-c1ccc(F)cc1. The van der Waals surface area contributed by atoms with Gasteiger partial charge in [-0.2, -0.15) is 0 Å². The molecular weight excluding hydrogens is 281 g/mol. The number of alkyl halides is 2. The van der Waals surface area contributed by atoms with Crippen LogP contribution < -0.4 is 5.73 Å². The quantitative estimate of drug-likeness (QED) is 0.896. The molecule has 1 fully saturated rings. The monoisotopic (exact) mass is 296 g/mol. The average molecular weight is 296 g/mol. The Labute approximate surface area is 119 Å². The summed E-state index contributed by atoms with van der Waals surface area (Å²) in [5, 5.41) is 3.95. The first kappa shape index (κ1) is 14.0. The number of nitrogens with zero attached hydrogens (tertiary/aromatic N) is 1. The van der Waals surface area contributed by atoms with E-state index in [0.29, 0.717) is 29.7 Å². The van der Waals surface area contributed by atoms with Gasteiger partial charge < -0.3 is 10.3 Å². The van der Waals surface area contributed by atoms with Crippen molar-refractivity contribution in [2.45, 2.75) is 37.5 Å². The minimum Gasteiger partial charge on any atom is -0.367 e. The van der Waals surface area contributed by atoms with E-state index in [1.54, 1.807) is 12.1 Å². The fourth-order valence-corrected chi connectivity index (χ4v) is 2.81. The molecule has 2 aromatic rings. The van der Waals surface area contributed by atoms with Crippen LogP contribution in [0.15, 0.2) is 28.8 Å². The van der Waals surface area contributed by atoms with Crippen LogP contribution >= 0.6 is 0 Å². The predicted octanol–water partition coefficient (Wildman–Crippen LogP) is 4.36. The molecule has 0 atom stereocenters. The maximum Gasteiger partial charge on any atom is 0.248 e. The van der Waals surface area contributed by atoms with Crippen LogP contribution in [0, 0.1) is 5.82 Å². The predicted molar refractivity (Wildman–Crippen MR) is 72.5 cm³/mol. The Morgan fingerprint density at radius 2 is 1.76 bits per heavy atom. The molecule has 0 spiro atoms. The largest absolute Gasteiger partial charge is 0.367 e. The molecule has 0 aliphatic heterocycles. The Morgan fingerprint density at radius 3 is 2.38 bits per heavy atom. The molecule has 1 heterocycles. The van der Waals surface area contributed by atoms with Crippen LogP contribution in [0.25, 0.3) is 11.1 Å². The minimum atomic E-state index is -2.60. The lowest BCUT2D eigenvalue weighted by atomic mass is 9.82. The van der Waals surface area contributed by atoms with Gasteiger partial charge in [0.15, 0.2) is 0 Å². The molecule has 21 heavy (non-hydrogen) atoms. The van der Waals surface area contributed by atoms with Crippen molar-refractivity contribution in [3.8, 4) is 11.1 Å². The van der Waals surface area contributed by atoms with Crippen molar-refractivity contribution in [2.75, 3.05) is 5.73 Å². The second-order valence-corrected chi connectivity index (χ2v) is 5.44. The number of rotatable bonds is 2. The summed E-state index contributed by atoms with van der Waals surface area (Å²) in [6.45, 7) is 0. The number of anilines is 1. The molecule has 0 saturated heterocycles. The summed E-state index contributed by atoms with van der Waals surface area (Å²) in [7, 11) is 0. The second kappa shape index (κ2) is 5.09. The Morgan fingerprint density at radius 1 is 1.14 bits per heavy atom. The van der Waals surface area contributed by atoms with Crippen molar-refractivity contribution in [1.82, 2.24) is 5.16 Å². The lowest BCUT2D eigenvalue weighted by Gasteiger charge is -2.27. The third kappa shape index (κ3) is 2.75. The summed E-state index contributed by atoms with van der Waals surface area (Å²) in [5.74, 6) is -2.92. The maximum atomic E-state index is 13.3. The summed E-state index contributed by atoms with van der Waals surface area (Å²) < 4.78 is 44.6. The summed E-state index contributed by atoms with van der Waals surface area (Å²) in [6, 6.07) is 5.81. The first-order valence-corrected chi connectivity index (χ1v) is 6.85. The molecule has 1 aromatic carbocycles. The lowest BCUT2D eigenvalue weighted by molar-refractivity contribution is -0.0386. The number of aromatic nitrogens is 1. The molecule has 0 bridgehead atoms. The van der Waals surface area contributed by atoms with Crippen LogP contribution in [0.2, 0.25) is 0 Å². The van der Waals surface area contributed by atoms with Gasteiger partial charge in [-0.1, -0.05) is 17.3 Å². The van der Waals surface area contributed by atoms with Gasteiger partial charge >= 0.3 is 0 Å². The summed E-state index contributed by atoms with van der Waals surface area (Å²) >= 11 is 0. The highest BCUT2D eigenvalue weighted by molar-refractivity contribution is 5.75. The van der Waals surface area contributed by atoms with Crippen molar-refractivity contribution < 1.29 is 17.7 Å². The van der Waals surface area contributed by atoms with E-state index in [2.05, 4.69) is 5.16 Å². The van der Waals surface area contributed by atoms with Crippen LogP contribution in [-0.4, -0.2) is 11.1 Å². The van der Waals surface area contributed by atoms with Crippen molar-refractivity contribution in [1.29, 1.82) is 0 Å². The molecule has 1 aliphatic carbocycles. The molecule has 0 amide bonds. The lowest BCUT2D eigenvalue weighted by Crippen LogP contribution is -2.24. The van der Waals surface area contributed by atoms with Crippen molar-refractivity contribution >= 4 is 5.88 Å². The van der Waals surface area contributed by atoms with Crippen LogP contribution in [0.4, 0.5) is 19.1 Å². The molecule has 2 N–H and O–H groups in total. The molecule has 3 nitrogen and oxygen atoms in total. The smallest absolute Gasteiger partial charge is 0.248 e. The Hall–Kier alpha value is -1.98. The van der Waals surface area contributed by atoms with E-state index < -0.39 is 5.92 Å². The van der Waals surface area contributed by atoms with Crippen LogP contribution in [-0.2, 0) is 0 Å². The van der Waals surface area contributed by atoms with E-state index in [4.69, 9.17) is 10.3 Å². The fraction of sp³-hybridized carbons (Fsp3) is 0.400. The molecule has 112 valence electrons. The van der Waals surface area contributed by atoms with Gasteiger partial charge in [-0.25, -0.2) is 13.2 Å². The van der Waals surface area contributed by atoms with Gasteiger partial charge in [-0.15, -0.1) is 0 Å². The first-order chi connectivity index (χ1) is 9.96.